The fourth-order valence-corrected chi connectivity index (χ4v) is 3.77. The quantitative estimate of drug-likeness (QED) is 0.805. The van der Waals surface area contributed by atoms with Gasteiger partial charge in [0.05, 0.1) is 19.4 Å². The van der Waals surface area contributed by atoms with Gasteiger partial charge in [-0.25, -0.2) is 4.98 Å². The van der Waals surface area contributed by atoms with Crippen molar-refractivity contribution in [2.75, 3.05) is 24.7 Å². The number of hydrogen-bond donors (Lipinski definition) is 0. The standard InChI is InChI=1S/C18H22BrN5/c1-21-17(19)11-20-18(21)13-22-8-7-16(12-22)24-10-9-23(14-24)15-5-3-2-4-6-15/h2-6,9-11,16H,7-8,12-14H2,1H3/t16-/m0/s1. The molecule has 0 bridgehead atoms. The third-order valence-corrected chi connectivity index (χ3v) is 5.69. The van der Waals surface area contributed by atoms with E-state index in [1.807, 2.05) is 6.20 Å². The number of likely N-dealkylation sites (tertiary alicyclic amines) is 1. The van der Waals surface area contributed by atoms with Gasteiger partial charge in [-0.2, -0.15) is 0 Å². The first-order chi connectivity index (χ1) is 11.7. The lowest BCUT2D eigenvalue weighted by Gasteiger charge is -2.27. The summed E-state index contributed by atoms with van der Waals surface area (Å²) in [6.45, 7) is 4.08. The Morgan fingerprint density at radius 1 is 1.21 bits per heavy atom. The molecule has 0 spiro atoms. The van der Waals surface area contributed by atoms with E-state index >= 15 is 0 Å². The Kier molecular flexibility index (Phi) is 4.33. The number of para-hydroxylation sites is 1. The lowest BCUT2D eigenvalue weighted by atomic mass is 10.2. The molecule has 1 aromatic heterocycles. The average Bonchev–Trinajstić information content (AvgIpc) is 3.33. The van der Waals surface area contributed by atoms with E-state index in [2.05, 4.69) is 90.0 Å². The van der Waals surface area contributed by atoms with E-state index in [-0.39, 0.29) is 0 Å². The Morgan fingerprint density at radius 3 is 2.79 bits per heavy atom. The highest BCUT2D eigenvalue weighted by Crippen LogP contribution is 2.24. The van der Waals surface area contributed by atoms with E-state index in [4.69, 9.17) is 0 Å². The van der Waals surface area contributed by atoms with Crippen molar-refractivity contribution in [2.24, 2.45) is 7.05 Å². The molecular formula is C18H22BrN5. The Labute approximate surface area is 151 Å². The molecule has 0 amide bonds. The Bertz CT molecular complexity index is 726. The lowest BCUT2D eigenvalue weighted by Crippen LogP contribution is -2.36. The maximum atomic E-state index is 4.49. The fraction of sp³-hybridized carbons (Fsp3) is 0.389. The molecule has 1 saturated heterocycles. The minimum atomic E-state index is 0.582. The first-order valence-electron chi connectivity index (χ1n) is 8.35. The van der Waals surface area contributed by atoms with Gasteiger partial charge in [0.2, 0.25) is 0 Å². The molecule has 2 aromatic rings. The van der Waals surface area contributed by atoms with Gasteiger partial charge in [-0.1, -0.05) is 18.2 Å². The molecule has 1 fully saturated rings. The lowest BCUT2D eigenvalue weighted by molar-refractivity contribution is 0.261. The van der Waals surface area contributed by atoms with Crippen molar-refractivity contribution in [3.8, 4) is 0 Å². The summed E-state index contributed by atoms with van der Waals surface area (Å²) >= 11 is 3.52. The van der Waals surface area contributed by atoms with Gasteiger partial charge in [-0.3, -0.25) is 4.90 Å². The zero-order chi connectivity index (χ0) is 16.5. The molecule has 1 aromatic carbocycles. The van der Waals surface area contributed by atoms with E-state index in [9.17, 15) is 0 Å². The number of imidazole rings is 1. The monoisotopic (exact) mass is 387 g/mol. The molecule has 0 unspecified atom stereocenters. The summed E-state index contributed by atoms with van der Waals surface area (Å²) < 4.78 is 3.15. The first kappa shape index (κ1) is 15.7. The van der Waals surface area contributed by atoms with Gasteiger partial charge in [0.25, 0.3) is 0 Å². The van der Waals surface area contributed by atoms with Gasteiger partial charge in [0, 0.05) is 44.3 Å². The molecule has 0 aliphatic carbocycles. The maximum Gasteiger partial charge on any atom is 0.123 e. The molecular weight excluding hydrogens is 366 g/mol. The van der Waals surface area contributed by atoms with Crippen LogP contribution in [0.15, 0.2) is 53.5 Å². The van der Waals surface area contributed by atoms with E-state index < -0.39 is 0 Å². The summed E-state index contributed by atoms with van der Waals surface area (Å²) in [5, 5.41) is 0. The van der Waals surface area contributed by atoms with Crippen molar-refractivity contribution in [1.29, 1.82) is 0 Å². The van der Waals surface area contributed by atoms with Crippen molar-refractivity contribution in [3.63, 3.8) is 0 Å². The summed E-state index contributed by atoms with van der Waals surface area (Å²) in [7, 11) is 2.06. The number of benzene rings is 1. The SMILES string of the molecule is Cn1c(Br)cnc1CN1CC[C@H](N2C=CN(c3ccccc3)C2)C1. The summed E-state index contributed by atoms with van der Waals surface area (Å²) in [5.74, 6) is 1.12. The van der Waals surface area contributed by atoms with Crippen molar-refractivity contribution >= 4 is 21.6 Å². The molecule has 5 nitrogen and oxygen atoms in total. The molecule has 6 heteroatoms. The molecule has 0 saturated carbocycles. The van der Waals surface area contributed by atoms with E-state index in [1.54, 1.807) is 0 Å². The predicted molar refractivity (Wildman–Crippen MR) is 99.4 cm³/mol. The number of rotatable bonds is 4. The zero-order valence-corrected chi connectivity index (χ0v) is 15.4. The third-order valence-electron chi connectivity index (χ3n) is 4.95. The van der Waals surface area contributed by atoms with Gasteiger partial charge in [0.15, 0.2) is 0 Å². The van der Waals surface area contributed by atoms with Crippen LogP contribution in [-0.2, 0) is 13.6 Å². The molecule has 0 N–H and O–H groups in total. The molecule has 2 aliphatic rings. The second-order valence-electron chi connectivity index (χ2n) is 6.49. The maximum absolute atomic E-state index is 4.49. The van der Waals surface area contributed by atoms with Crippen LogP contribution in [0.3, 0.4) is 0 Å². The van der Waals surface area contributed by atoms with Gasteiger partial charge in [-0.05, 0) is 34.5 Å². The minimum absolute atomic E-state index is 0.582. The number of anilines is 1. The largest absolute Gasteiger partial charge is 0.354 e. The van der Waals surface area contributed by atoms with Gasteiger partial charge < -0.3 is 14.4 Å². The third kappa shape index (κ3) is 3.08. The van der Waals surface area contributed by atoms with E-state index in [0.717, 1.165) is 36.7 Å². The Hall–Kier alpha value is -1.79. The van der Waals surface area contributed by atoms with Crippen LogP contribution in [0.1, 0.15) is 12.2 Å². The van der Waals surface area contributed by atoms with Gasteiger partial charge in [-0.15, -0.1) is 0 Å². The average molecular weight is 388 g/mol. The van der Waals surface area contributed by atoms with Gasteiger partial charge in [0.1, 0.15) is 10.4 Å². The highest BCUT2D eigenvalue weighted by Gasteiger charge is 2.29. The molecule has 24 heavy (non-hydrogen) atoms. The number of aromatic nitrogens is 2. The van der Waals surface area contributed by atoms with Crippen molar-refractivity contribution in [1.82, 2.24) is 19.4 Å². The molecule has 4 rings (SSSR count). The van der Waals surface area contributed by atoms with Crippen LogP contribution in [0.2, 0.25) is 0 Å². The van der Waals surface area contributed by atoms with Gasteiger partial charge >= 0.3 is 0 Å². The molecule has 3 heterocycles. The smallest absolute Gasteiger partial charge is 0.123 e. The Morgan fingerprint density at radius 2 is 2.04 bits per heavy atom. The van der Waals surface area contributed by atoms with E-state index in [0.29, 0.717) is 6.04 Å². The molecule has 2 aliphatic heterocycles. The van der Waals surface area contributed by atoms with Crippen LogP contribution in [0.4, 0.5) is 5.69 Å². The summed E-state index contributed by atoms with van der Waals surface area (Å²) in [5.41, 5.74) is 1.25. The van der Waals surface area contributed by atoms with Crippen molar-refractivity contribution in [2.45, 2.75) is 19.0 Å². The molecule has 1 atom stereocenters. The minimum Gasteiger partial charge on any atom is -0.354 e. The summed E-state index contributed by atoms with van der Waals surface area (Å²) in [6, 6.07) is 11.1. The number of halogens is 1. The van der Waals surface area contributed by atoms with Crippen LogP contribution >= 0.6 is 15.9 Å². The summed E-state index contributed by atoms with van der Waals surface area (Å²) in [4.78, 5) is 11.8. The zero-order valence-electron chi connectivity index (χ0n) is 13.8. The van der Waals surface area contributed by atoms with E-state index in [1.165, 1.54) is 12.1 Å². The predicted octanol–water partition coefficient (Wildman–Crippen LogP) is 3.01. The number of nitrogens with zero attached hydrogens (tertiary/aromatic N) is 5. The second-order valence-corrected chi connectivity index (χ2v) is 7.31. The topological polar surface area (TPSA) is 27.5 Å². The van der Waals surface area contributed by atoms with Crippen LogP contribution in [0.5, 0.6) is 0 Å². The second kappa shape index (κ2) is 6.61. The Balaban J connectivity index is 1.34. The first-order valence-corrected chi connectivity index (χ1v) is 9.14. The fourth-order valence-electron chi connectivity index (χ4n) is 3.46. The highest BCUT2D eigenvalue weighted by molar-refractivity contribution is 9.10. The molecule has 126 valence electrons. The normalized spacial score (nSPS) is 21.2. The highest BCUT2D eigenvalue weighted by atomic mass is 79.9. The van der Waals surface area contributed by atoms with Crippen LogP contribution < -0.4 is 4.90 Å². The summed E-state index contributed by atoms with van der Waals surface area (Å²) in [6.07, 6.45) is 7.51. The number of hydrogen-bond acceptors (Lipinski definition) is 4. The van der Waals surface area contributed by atoms with Crippen LogP contribution in [0.25, 0.3) is 0 Å². The van der Waals surface area contributed by atoms with Crippen LogP contribution in [-0.4, -0.2) is 45.2 Å². The van der Waals surface area contributed by atoms with Crippen molar-refractivity contribution < 1.29 is 0 Å². The molecule has 0 radical (unpaired) electrons. The van der Waals surface area contributed by atoms with Crippen molar-refractivity contribution in [3.05, 3.63) is 59.4 Å². The van der Waals surface area contributed by atoms with Crippen LogP contribution in [0, 0.1) is 0 Å².